The average Bonchev–Trinajstić information content (AvgIpc) is 2.85. The van der Waals surface area contributed by atoms with Crippen molar-refractivity contribution in [3.05, 3.63) is 77.9 Å². The van der Waals surface area contributed by atoms with Gasteiger partial charge < -0.3 is 24.3 Å². The molecule has 0 aliphatic carbocycles. The van der Waals surface area contributed by atoms with Crippen molar-refractivity contribution >= 4 is 0 Å². The van der Waals surface area contributed by atoms with Gasteiger partial charge in [-0.1, -0.05) is 30.3 Å². The second-order valence-electron chi connectivity index (χ2n) is 7.63. The highest BCUT2D eigenvalue weighted by atomic mass is 16.5. The largest absolute Gasteiger partial charge is 0.493 e. The number of ether oxygens (including phenoxy) is 4. The Balaban J connectivity index is 1.76. The van der Waals surface area contributed by atoms with Crippen molar-refractivity contribution in [2.45, 2.75) is 6.04 Å². The summed E-state index contributed by atoms with van der Waals surface area (Å²) in [6.45, 7) is 3.76. The minimum atomic E-state index is 0.0186. The molecule has 0 bridgehead atoms. The lowest BCUT2D eigenvalue weighted by molar-refractivity contribution is 0.197. The van der Waals surface area contributed by atoms with Crippen LogP contribution in [-0.2, 0) is 0 Å². The first kappa shape index (κ1) is 22.0. The standard InChI is InChI=1S/C26H30N2O4/c1-29-23-17-20(18-24(30-2)26(23)31-3)25(28-14-12-27-13-15-28)19-8-7-11-22(16-19)32-21-9-5-4-6-10-21/h4-11,16-18,25,27H,12-15H2,1-3H3. The van der Waals surface area contributed by atoms with Crippen LogP contribution in [0.4, 0.5) is 0 Å². The van der Waals surface area contributed by atoms with Crippen molar-refractivity contribution in [3.8, 4) is 28.7 Å². The molecule has 3 aromatic rings. The Bertz CT molecular complexity index is 994. The van der Waals surface area contributed by atoms with Crippen LogP contribution in [0.1, 0.15) is 17.2 Å². The molecule has 1 saturated heterocycles. The van der Waals surface area contributed by atoms with Gasteiger partial charge in [-0.15, -0.1) is 0 Å². The number of piperazine rings is 1. The quantitative estimate of drug-likeness (QED) is 0.563. The van der Waals surface area contributed by atoms with E-state index in [2.05, 4.69) is 22.3 Å². The molecule has 0 spiro atoms. The fourth-order valence-electron chi connectivity index (χ4n) is 4.19. The first-order valence-electron chi connectivity index (χ1n) is 10.8. The second kappa shape index (κ2) is 10.4. The third kappa shape index (κ3) is 4.82. The minimum Gasteiger partial charge on any atom is -0.493 e. The molecule has 0 amide bonds. The van der Waals surface area contributed by atoms with Gasteiger partial charge in [0.25, 0.3) is 0 Å². The Morgan fingerprint density at radius 2 is 1.38 bits per heavy atom. The molecule has 0 radical (unpaired) electrons. The molecule has 168 valence electrons. The number of methoxy groups -OCH3 is 3. The zero-order valence-corrected chi connectivity index (χ0v) is 18.8. The van der Waals surface area contributed by atoms with Gasteiger partial charge in [-0.3, -0.25) is 4.90 Å². The Hall–Kier alpha value is -3.22. The molecule has 1 fully saturated rings. The molecule has 32 heavy (non-hydrogen) atoms. The average molecular weight is 435 g/mol. The lowest BCUT2D eigenvalue weighted by Crippen LogP contribution is -2.45. The topological polar surface area (TPSA) is 52.2 Å². The monoisotopic (exact) mass is 434 g/mol. The van der Waals surface area contributed by atoms with Gasteiger partial charge in [-0.2, -0.15) is 0 Å². The van der Waals surface area contributed by atoms with Crippen molar-refractivity contribution in [1.29, 1.82) is 0 Å². The van der Waals surface area contributed by atoms with Crippen LogP contribution in [0.5, 0.6) is 28.7 Å². The van der Waals surface area contributed by atoms with Crippen LogP contribution in [0.15, 0.2) is 66.7 Å². The van der Waals surface area contributed by atoms with Crippen LogP contribution in [0.2, 0.25) is 0 Å². The fraction of sp³-hybridized carbons (Fsp3) is 0.308. The summed E-state index contributed by atoms with van der Waals surface area (Å²) >= 11 is 0. The summed E-state index contributed by atoms with van der Waals surface area (Å²) in [6.07, 6.45) is 0. The Kier molecular flexibility index (Phi) is 7.14. The molecular weight excluding hydrogens is 404 g/mol. The van der Waals surface area contributed by atoms with Crippen LogP contribution in [0.3, 0.4) is 0 Å². The van der Waals surface area contributed by atoms with Gasteiger partial charge in [0.05, 0.1) is 27.4 Å². The van der Waals surface area contributed by atoms with Crippen LogP contribution in [-0.4, -0.2) is 52.4 Å². The van der Waals surface area contributed by atoms with E-state index in [1.807, 2.05) is 54.6 Å². The van der Waals surface area contributed by atoms with Crippen molar-refractivity contribution in [2.75, 3.05) is 47.5 Å². The van der Waals surface area contributed by atoms with Crippen molar-refractivity contribution in [1.82, 2.24) is 10.2 Å². The molecule has 1 N–H and O–H groups in total. The van der Waals surface area contributed by atoms with Crippen LogP contribution in [0.25, 0.3) is 0 Å². The van der Waals surface area contributed by atoms with Crippen LogP contribution < -0.4 is 24.3 Å². The molecule has 6 nitrogen and oxygen atoms in total. The molecule has 1 aliphatic rings. The van der Waals surface area contributed by atoms with Gasteiger partial charge in [0.15, 0.2) is 11.5 Å². The highest BCUT2D eigenvalue weighted by Gasteiger charge is 2.27. The predicted octanol–water partition coefficient (Wildman–Crippen LogP) is 4.50. The maximum Gasteiger partial charge on any atom is 0.203 e. The minimum absolute atomic E-state index is 0.0186. The van der Waals surface area contributed by atoms with Crippen LogP contribution >= 0.6 is 0 Å². The van der Waals surface area contributed by atoms with Gasteiger partial charge >= 0.3 is 0 Å². The van der Waals surface area contributed by atoms with E-state index in [4.69, 9.17) is 18.9 Å². The van der Waals surface area contributed by atoms with E-state index in [1.54, 1.807) is 21.3 Å². The highest BCUT2D eigenvalue weighted by Crippen LogP contribution is 2.42. The number of nitrogens with zero attached hydrogens (tertiary/aromatic N) is 1. The third-order valence-corrected chi connectivity index (χ3v) is 5.67. The Morgan fingerprint density at radius 3 is 2.00 bits per heavy atom. The molecule has 6 heteroatoms. The maximum atomic E-state index is 6.12. The van der Waals surface area contributed by atoms with Crippen molar-refractivity contribution < 1.29 is 18.9 Å². The molecule has 1 unspecified atom stereocenters. The number of hydrogen-bond donors (Lipinski definition) is 1. The molecular formula is C26H30N2O4. The van der Waals surface area contributed by atoms with Crippen LogP contribution in [0, 0.1) is 0 Å². The zero-order chi connectivity index (χ0) is 22.3. The summed E-state index contributed by atoms with van der Waals surface area (Å²) in [7, 11) is 4.92. The summed E-state index contributed by atoms with van der Waals surface area (Å²) in [6, 6.07) is 22.2. The summed E-state index contributed by atoms with van der Waals surface area (Å²) in [4.78, 5) is 2.47. The second-order valence-corrected chi connectivity index (χ2v) is 7.63. The van der Waals surface area contributed by atoms with E-state index in [0.29, 0.717) is 17.2 Å². The van der Waals surface area contributed by atoms with Crippen molar-refractivity contribution in [3.63, 3.8) is 0 Å². The summed E-state index contributed by atoms with van der Waals surface area (Å²) in [5, 5.41) is 3.44. The first-order valence-corrected chi connectivity index (χ1v) is 10.8. The highest BCUT2D eigenvalue weighted by molar-refractivity contribution is 5.55. The van der Waals surface area contributed by atoms with E-state index in [1.165, 1.54) is 0 Å². The van der Waals surface area contributed by atoms with E-state index in [0.717, 1.165) is 48.8 Å². The predicted molar refractivity (Wildman–Crippen MR) is 125 cm³/mol. The van der Waals surface area contributed by atoms with Gasteiger partial charge in [0.2, 0.25) is 5.75 Å². The zero-order valence-electron chi connectivity index (χ0n) is 18.8. The third-order valence-electron chi connectivity index (χ3n) is 5.67. The smallest absolute Gasteiger partial charge is 0.203 e. The van der Waals surface area contributed by atoms with Gasteiger partial charge in [0.1, 0.15) is 11.5 Å². The molecule has 0 saturated carbocycles. The normalized spacial score (nSPS) is 15.1. The van der Waals surface area contributed by atoms with E-state index < -0.39 is 0 Å². The molecule has 1 heterocycles. The van der Waals surface area contributed by atoms with Gasteiger partial charge in [-0.25, -0.2) is 0 Å². The summed E-state index contributed by atoms with van der Waals surface area (Å²) in [5.74, 6) is 3.52. The fourth-order valence-corrected chi connectivity index (χ4v) is 4.19. The Labute approximate surface area is 189 Å². The summed E-state index contributed by atoms with van der Waals surface area (Å²) < 4.78 is 22.9. The van der Waals surface area contributed by atoms with E-state index in [-0.39, 0.29) is 6.04 Å². The maximum absolute atomic E-state index is 6.12. The molecule has 4 rings (SSSR count). The number of nitrogens with one attached hydrogen (secondary N) is 1. The number of benzene rings is 3. The molecule has 3 aromatic carbocycles. The molecule has 1 aliphatic heterocycles. The number of para-hydroxylation sites is 1. The Morgan fingerprint density at radius 1 is 0.719 bits per heavy atom. The van der Waals surface area contributed by atoms with E-state index >= 15 is 0 Å². The first-order chi connectivity index (χ1) is 15.7. The van der Waals surface area contributed by atoms with Gasteiger partial charge in [-0.05, 0) is 47.5 Å². The van der Waals surface area contributed by atoms with E-state index in [9.17, 15) is 0 Å². The molecule has 1 atom stereocenters. The van der Waals surface area contributed by atoms with Crippen molar-refractivity contribution in [2.24, 2.45) is 0 Å². The SMILES string of the molecule is COc1cc(C(c2cccc(Oc3ccccc3)c2)N2CCNCC2)cc(OC)c1OC. The molecule has 0 aromatic heterocycles. The number of hydrogen-bond acceptors (Lipinski definition) is 6. The lowest BCUT2D eigenvalue weighted by atomic mass is 9.95. The lowest BCUT2D eigenvalue weighted by Gasteiger charge is -2.36. The summed E-state index contributed by atoms with van der Waals surface area (Å²) in [5.41, 5.74) is 2.23. The number of rotatable bonds is 8. The van der Waals surface area contributed by atoms with Gasteiger partial charge in [0, 0.05) is 26.2 Å².